The van der Waals surface area contributed by atoms with Gasteiger partial charge in [0.15, 0.2) is 0 Å². The molecular weight excluding hydrogens is 934 g/mol. The molecule has 2 aliphatic heterocycles. The summed E-state index contributed by atoms with van der Waals surface area (Å²) in [6.45, 7) is 8.11. The fraction of sp³-hybridized carbons (Fsp3) is 0.556. The molecule has 1 aromatic carbocycles. The SMILES string of the molecule is CC(=O)OCC1O[C@@H](OC(C)=O)C(N=C([Se])Nc2ccc(NC([Se])=NC3C(OC(C)=O)[C@H](OC(C)=O)[C@@H](COC(C)=O)O[C@H]3OC(C)=O)cc2)C(OC(C)=O)[C@@H]1OC(C)=O. The first-order chi connectivity index (χ1) is 28.1. The molecule has 2 N–H and O–H groups in total. The fourth-order valence-electron chi connectivity index (χ4n) is 5.79. The number of benzene rings is 1. The molecule has 2 fully saturated rings. The quantitative estimate of drug-likeness (QED) is 0.0798. The molecule has 0 aliphatic carbocycles. The molecule has 0 bridgehead atoms. The first-order valence-corrected chi connectivity index (χ1v) is 19.6. The van der Waals surface area contributed by atoms with Crippen molar-refractivity contribution in [3.63, 3.8) is 0 Å². The molecule has 22 nitrogen and oxygen atoms in total. The molecule has 328 valence electrons. The zero-order valence-corrected chi connectivity index (χ0v) is 37.0. The number of carbonyl (C=O) groups is 8. The number of hydrogen-bond acceptors (Lipinski definition) is 20. The van der Waals surface area contributed by atoms with E-state index in [1.807, 2.05) is 0 Å². The van der Waals surface area contributed by atoms with Crippen molar-refractivity contribution in [2.45, 2.75) is 117 Å². The van der Waals surface area contributed by atoms with Crippen LogP contribution in [0.15, 0.2) is 34.3 Å². The Morgan fingerprint density at radius 1 is 0.483 bits per heavy atom. The summed E-state index contributed by atoms with van der Waals surface area (Å²) in [6, 6.07) is 3.87. The number of nitrogens with one attached hydrogen (secondary N) is 2. The van der Waals surface area contributed by atoms with E-state index in [1.54, 1.807) is 24.3 Å². The van der Waals surface area contributed by atoms with E-state index in [0.717, 1.165) is 55.4 Å². The van der Waals surface area contributed by atoms with E-state index in [9.17, 15) is 38.4 Å². The maximum atomic E-state index is 12.3. The van der Waals surface area contributed by atoms with Gasteiger partial charge in [-0.3, -0.25) is 0 Å². The molecule has 0 saturated carbocycles. The minimum absolute atomic E-state index is 0.0874. The Labute approximate surface area is 360 Å². The average Bonchev–Trinajstić information content (AvgIpc) is 3.11. The number of hydrogen-bond donors (Lipinski definition) is 2. The third-order valence-corrected chi connectivity index (χ3v) is 8.69. The minimum atomic E-state index is -1.49. The van der Waals surface area contributed by atoms with Crippen molar-refractivity contribution in [3.05, 3.63) is 24.3 Å². The number of ether oxygens (including phenoxy) is 10. The number of rotatable bonds is 14. The van der Waals surface area contributed by atoms with Crippen LogP contribution in [0.3, 0.4) is 0 Å². The van der Waals surface area contributed by atoms with Gasteiger partial charge in [0.2, 0.25) is 0 Å². The van der Waals surface area contributed by atoms with E-state index in [-0.39, 0.29) is 9.47 Å². The molecule has 2 saturated heterocycles. The van der Waals surface area contributed by atoms with Gasteiger partial charge in [-0.05, 0) is 0 Å². The standard InChI is InChI=1S/C36H44N4O18Se2/c1-15(41)49-13-25-29(51-17(3)43)31(53-19(5)45)27(33(57-25)55-21(7)47)39-35(59)37-23-9-11-24(12-10-23)38-36(60)40-28-32(54-20(6)46)30(52-18(4)44)26(14-50-16(2)42)58-34(28)56-22(8)48/h9-12,25-34H,13-14H2,1-8H3,(H,37,39)(H,38,40)/t25-,26?,27?,28?,29-,30-,31?,32?,33-,34-/m1/s1. The third kappa shape index (κ3) is 15.8. The predicted molar refractivity (Wildman–Crippen MR) is 204 cm³/mol. The van der Waals surface area contributed by atoms with E-state index in [0.29, 0.717) is 11.4 Å². The topological polar surface area (TPSA) is 278 Å². The Kier molecular flexibility index (Phi) is 18.9. The number of carbonyl (C=O) groups excluding carboxylic acids is 8. The molecule has 2 aliphatic rings. The summed E-state index contributed by atoms with van der Waals surface area (Å²) in [6.07, 6.45) is -10.8. The van der Waals surface area contributed by atoms with E-state index in [1.165, 1.54) is 0 Å². The first-order valence-electron chi connectivity index (χ1n) is 17.9. The number of aliphatic imine (C=N–C) groups is 2. The van der Waals surface area contributed by atoms with Crippen LogP contribution in [0.25, 0.3) is 0 Å². The molecular formula is C36H44N4O18Se2. The van der Waals surface area contributed by atoms with Crippen LogP contribution in [0.5, 0.6) is 0 Å². The predicted octanol–water partition coefficient (Wildman–Crippen LogP) is -0.274. The van der Waals surface area contributed by atoms with Crippen molar-refractivity contribution in [1.82, 2.24) is 0 Å². The van der Waals surface area contributed by atoms with Gasteiger partial charge in [-0.2, -0.15) is 0 Å². The number of esters is 8. The van der Waals surface area contributed by atoms with Gasteiger partial charge in [0.25, 0.3) is 0 Å². The Bertz CT molecular complexity index is 1700. The Balaban J connectivity index is 1.91. The second-order valence-electron chi connectivity index (χ2n) is 12.9. The summed E-state index contributed by atoms with van der Waals surface area (Å²) in [5.41, 5.74) is 0.915. The van der Waals surface area contributed by atoms with Crippen molar-refractivity contribution in [3.8, 4) is 0 Å². The molecule has 0 amide bonds. The van der Waals surface area contributed by atoms with Crippen LogP contribution >= 0.6 is 0 Å². The summed E-state index contributed by atoms with van der Waals surface area (Å²) < 4.78 is 54.7. The number of nitrogens with zero attached hydrogens (tertiary/aromatic N) is 2. The number of amidine groups is 2. The van der Waals surface area contributed by atoms with Crippen LogP contribution in [0.1, 0.15) is 55.4 Å². The van der Waals surface area contributed by atoms with Crippen molar-refractivity contribution in [2.75, 3.05) is 23.8 Å². The fourth-order valence-corrected chi connectivity index (χ4v) is 6.79. The van der Waals surface area contributed by atoms with E-state index < -0.39 is 122 Å². The molecule has 5 unspecified atom stereocenters. The second kappa shape index (κ2) is 23.0. The molecule has 2 heterocycles. The van der Waals surface area contributed by atoms with Crippen molar-refractivity contribution < 1.29 is 85.7 Å². The van der Waals surface area contributed by atoms with E-state index in [2.05, 4.69) is 52.6 Å². The number of anilines is 2. The summed E-state index contributed by atoms with van der Waals surface area (Å²) in [7, 11) is 0. The average molecular weight is 979 g/mol. The van der Waals surface area contributed by atoms with Gasteiger partial charge in [0.1, 0.15) is 0 Å². The molecule has 0 aromatic heterocycles. The molecule has 1 aromatic rings. The van der Waals surface area contributed by atoms with Crippen molar-refractivity contribution in [1.29, 1.82) is 0 Å². The van der Waals surface area contributed by atoms with Crippen molar-refractivity contribution in [2.24, 2.45) is 9.98 Å². The summed E-state index contributed by atoms with van der Waals surface area (Å²) in [4.78, 5) is 105. The molecule has 0 spiro atoms. The van der Waals surface area contributed by atoms with Crippen LogP contribution in [-0.4, -0.2) is 164 Å². The van der Waals surface area contributed by atoms with Gasteiger partial charge < -0.3 is 0 Å². The zero-order valence-electron chi connectivity index (χ0n) is 33.6. The van der Waals surface area contributed by atoms with Gasteiger partial charge in [-0.25, -0.2) is 0 Å². The Hall–Kier alpha value is -5.12. The Morgan fingerprint density at radius 3 is 1.03 bits per heavy atom. The van der Waals surface area contributed by atoms with Crippen LogP contribution in [0.2, 0.25) is 0 Å². The molecule has 24 heteroatoms. The molecule has 10 atom stereocenters. The van der Waals surface area contributed by atoms with Gasteiger partial charge >= 0.3 is 361 Å². The van der Waals surface area contributed by atoms with Gasteiger partial charge in [0, 0.05) is 0 Å². The molecule has 60 heavy (non-hydrogen) atoms. The molecule has 3 rings (SSSR count). The van der Waals surface area contributed by atoms with Crippen molar-refractivity contribution >= 4 is 101 Å². The van der Waals surface area contributed by atoms with E-state index >= 15 is 0 Å². The first kappa shape index (κ1) is 49.2. The third-order valence-electron chi connectivity index (χ3n) is 7.82. The zero-order chi connectivity index (χ0) is 44.8. The summed E-state index contributed by atoms with van der Waals surface area (Å²) in [5, 5.41) is 6.02. The van der Waals surface area contributed by atoms with Crippen LogP contribution in [0, 0.1) is 0 Å². The molecule has 2 radical (unpaired) electrons. The van der Waals surface area contributed by atoms with Gasteiger partial charge in [0.05, 0.1) is 0 Å². The van der Waals surface area contributed by atoms with E-state index in [4.69, 9.17) is 47.4 Å². The summed E-state index contributed by atoms with van der Waals surface area (Å²) >= 11 is 5.47. The summed E-state index contributed by atoms with van der Waals surface area (Å²) in [5.74, 6) is -6.02. The second-order valence-corrected chi connectivity index (χ2v) is 14.5. The van der Waals surface area contributed by atoms with Crippen LogP contribution in [0.4, 0.5) is 11.4 Å². The van der Waals surface area contributed by atoms with Gasteiger partial charge in [-0.15, -0.1) is 0 Å². The van der Waals surface area contributed by atoms with Crippen LogP contribution in [-0.2, 0) is 85.7 Å². The van der Waals surface area contributed by atoms with Crippen LogP contribution < -0.4 is 10.6 Å². The maximum absolute atomic E-state index is 12.3. The Morgan fingerprint density at radius 2 is 0.767 bits per heavy atom. The van der Waals surface area contributed by atoms with Gasteiger partial charge in [-0.1, -0.05) is 0 Å². The monoisotopic (exact) mass is 980 g/mol. The normalized spacial score (nSPS) is 26.5.